The summed E-state index contributed by atoms with van der Waals surface area (Å²) in [5.41, 5.74) is 3.94. The van der Waals surface area contributed by atoms with Crippen molar-refractivity contribution >= 4 is 17.6 Å². The minimum atomic E-state index is -0.473. The van der Waals surface area contributed by atoms with E-state index in [4.69, 9.17) is 18.7 Å². The highest BCUT2D eigenvalue weighted by molar-refractivity contribution is 6.04. The number of methoxy groups -OCH3 is 1. The Labute approximate surface area is 208 Å². The lowest BCUT2D eigenvalue weighted by atomic mass is 10.1. The molecule has 1 aromatic heterocycles. The zero-order valence-corrected chi connectivity index (χ0v) is 20.2. The van der Waals surface area contributed by atoms with Crippen LogP contribution in [0.25, 0.3) is 0 Å². The highest BCUT2D eigenvalue weighted by Crippen LogP contribution is 2.20. The maximum atomic E-state index is 12.6. The first-order chi connectivity index (χ1) is 17.4. The third-order valence-electron chi connectivity index (χ3n) is 5.57. The first-order valence-electron chi connectivity index (χ1n) is 11.3. The smallest absolute Gasteiger partial charge is 0.338 e. The van der Waals surface area contributed by atoms with Crippen molar-refractivity contribution in [2.75, 3.05) is 12.4 Å². The van der Waals surface area contributed by atoms with E-state index in [-0.39, 0.29) is 19.1 Å². The lowest BCUT2D eigenvalue weighted by Gasteiger charge is -2.09. The maximum absolute atomic E-state index is 12.6. The molecule has 0 bridgehead atoms. The van der Waals surface area contributed by atoms with Crippen LogP contribution in [0.15, 0.2) is 77.3 Å². The molecule has 184 valence electrons. The summed E-state index contributed by atoms with van der Waals surface area (Å²) in [6.45, 7) is 4.04. The average Bonchev–Trinajstić information content (AvgIpc) is 3.23. The van der Waals surface area contributed by atoms with E-state index in [9.17, 15) is 9.59 Å². The van der Waals surface area contributed by atoms with Crippen LogP contribution in [-0.4, -0.2) is 24.1 Å². The summed E-state index contributed by atoms with van der Waals surface area (Å²) in [4.78, 5) is 25.0. The molecule has 0 spiro atoms. The van der Waals surface area contributed by atoms with Gasteiger partial charge in [-0.3, -0.25) is 4.79 Å². The van der Waals surface area contributed by atoms with Gasteiger partial charge in [0.1, 0.15) is 30.5 Å². The topological polar surface area (TPSA) is 99.9 Å². The van der Waals surface area contributed by atoms with Crippen LogP contribution in [0.4, 0.5) is 5.69 Å². The SMILES string of the molecule is COc1ccc(NC(=O)c2ccc(COC(=O)c3cccc(OCc4c(C)noc4C)c3)cc2)cc1. The fraction of sp³-hybridized carbons (Fsp3) is 0.179. The summed E-state index contributed by atoms with van der Waals surface area (Å²) in [7, 11) is 1.59. The Kier molecular flexibility index (Phi) is 7.65. The van der Waals surface area contributed by atoms with Gasteiger partial charge in [0.15, 0.2) is 0 Å². The number of rotatable bonds is 9. The number of nitrogens with zero attached hydrogens (tertiary/aromatic N) is 1. The number of aryl methyl sites for hydroxylation is 2. The first kappa shape index (κ1) is 24.5. The van der Waals surface area contributed by atoms with Gasteiger partial charge in [0, 0.05) is 11.3 Å². The number of aromatic nitrogens is 1. The van der Waals surface area contributed by atoms with Crippen LogP contribution < -0.4 is 14.8 Å². The number of nitrogens with one attached hydrogen (secondary N) is 1. The van der Waals surface area contributed by atoms with Crippen molar-refractivity contribution in [3.8, 4) is 11.5 Å². The number of benzene rings is 3. The van der Waals surface area contributed by atoms with E-state index in [0.717, 1.165) is 16.8 Å². The lowest BCUT2D eigenvalue weighted by molar-refractivity contribution is 0.0472. The summed E-state index contributed by atoms with van der Waals surface area (Å²) in [5.74, 6) is 1.24. The van der Waals surface area contributed by atoms with Crippen molar-refractivity contribution in [3.05, 3.63) is 107 Å². The second-order valence-electron chi connectivity index (χ2n) is 8.07. The number of hydrogen-bond acceptors (Lipinski definition) is 7. The second kappa shape index (κ2) is 11.2. The van der Waals surface area contributed by atoms with Gasteiger partial charge in [-0.05, 0) is 74.0 Å². The van der Waals surface area contributed by atoms with Gasteiger partial charge in [-0.2, -0.15) is 0 Å². The molecule has 0 unspecified atom stereocenters. The minimum Gasteiger partial charge on any atom is -0.497 e. The summed E-state index contributed by atoms with van der Waals surface area (Å²) >= 11 is 0. The number of ether oxygens (including phenoxy) is 3. The maximum Gasteiger partial charge on any atom is 0.338 e. The lowest BCUT2D eigenvalue weighted by Crippen LogP contribution is -2.12. The number of anilines is 1. The van der Waals surface area contributed by atoms with E-state index < -0.39 is 5.97 Å². The third kappa shape index (κ3) is 6.09. The molecule has 0 saturated heterocycles. The predicted octanol–water partition coefficient (Wildman–Crippen LogP) is 5.49. The average molecular weight is 487 g/mol. The Morgan fingerprint density at radius 3 is 2.31 bits per heavy atom. The van der Waals surface area contributed by atoms with Gasteiger partial charge in [-0.1, -0.05) is 23.4 Å². The molecule has 1 amide bonds. The molecule has 0 atom stereocenters. The monoisotopic (exact) mass is 486 g/mol. The van der Waals surface area contributed by atoms with Gasteiger partial charge in [-0.15, -0.1) is 0 Å². The van der Waals surface area contributed by atoms with Crippen LogP contribution in [0.3, 0.4) is 0 Å². The molecule has 8 nitrogen and oxygen atoms in total. The Hall–Kier alpha value is -4.59. The molecular weight excluding hydrogens is 460 g/mol. The Morgan fingerprint density at radius 2 is 1.64 bits per heavy atom. The van der Waals surface area contributed by atoms with Crippen molar-refractivity contribution in [1.82, 2.24) is 5.16 Å². The number of esters is 1. The van der Waals surface area contributed by atoms with E-state index in [2.05, 4.69) is 10.5 Å². The Morgan fingerprint density at radius 1 is 0.889 bits per heavy atom. The van der Waals surface area contributed by atoms with Crippen LogP contribution in [-0.2, 0) is 18.0 Å². The Balaban J connectivity index is 1.30. The largest absolute Gasteiger partial charge is 0.497 e. The van der Waals surface area contributed by atoms with E-state index >= 15 is 0 Å². The normalized spacial score (nSPS) is 10.5. The van der Waals surface area contributed by atoms with Crippen LogP contribution in [0, 0.1) is 13.8 Å². The zero-order chi connectivity index (χ0) is 25.5. The zero-order valence-electron chi connectivity index (χ0n) is 20.2. The fourth-order valence-corrected chi connectivity index (χ4v) is 3.44. The first-order valence-corrected chi connectivity index (χ1v) is 11.3. The molecule has 0 aliphatic rings. The van der Waals surface area contributed by atoms with Crippen LogP contribution >= 0.6 is 0 Å². The van der Waals surface area contributed by atoms with Gasteiger partial charge in [-0.25, -0.2) is 4.79 Å². The van der Waals surface area contributed by atoms with Gasteiger partial charge in [0.25, 0.3) is 5.91 Å². The van der Waals surface area contributed by atoms with Crippen molar-refractivity contribution < 1.29 is 28.3 Å². The molecule has 1 heterocycles. The standard InChI is InChI=1S/C28H26N2O6/c1-18-26(19(2)36-30-18)17-34-25-6-4-5-22(15-25)28(32)35-16-20-7-9-21(10-8-20)27(31)29-23-11-13-24(33-3)14-12-23/h4-15H,16-17H2,1-3H3,(H,29,31). The van der Waals surface area contributed by atoms with Crippen molar-refractivity contribution in [1.29, 1.82) is 0 Å². The van der Waals surface area contributed by atoms with E-state index in [0.29, 0.717) is 34.1 Å². The summed E-state index contributed by atoms with van der Waals surface area (Å²) in [5, 5.41) is 6.74. The molecule has 1 N–H and O–H groups in total. The van der Waals surface area contributed by atoms with E-state index in [1.54, 1.807) is 79.9 Å². The predicted molar refractivity (Wildman–Crippen MR) is 133 cm³/mol. The molecule has 0 saturated carbocycles. The fourth-order valence-electron chi connectivity index (χ4n) is 3.44. The molecule has 8 heteroatoms. The second-order valence-corrected chi connectivity index (χ2v) is 8.07. The number of hydrogen-bond donors (Lipinski definition) is 1. The number of amides is 1. The van der Waals surface area contributed by atoms with E-state index in [1.807, 2.05) is 13.8 Å². The highest BCUT2D eigenvalue weighted by Gasteiger charge is 2.12. The number of carbonyl (C=O) groups is 2. The molecule has 36 heavy (non-hydrogen) atoms. The minimum absolute atomic E-state index is 0.0728. The molecule has 4 rings (SSSR count). The molecule has 4 aromatic rings. The quantitative estimate of drug-likeness (QED) is 0.312. The molecule has 0 fully saturated rings. The van der Waals surface area contributed by atoms with Crippen LogP contribution in [0.5, 0.6) is 11.5 Å². The highest BCUT2D eigenvalue weighted by atomic mass is 16.5. The van der Waals surface area contributed by atoms with Crippen LogP contribution in [0.1, 0.15) is 43.3 Å². The molecule has 0 radical (unpaired) electrons. The third-order valence-corrected chi connectivity index (χ3v) is 5.57. The summed E-state index contributed by atoms with van der Waals surface area (Å²) in [6.07, 6.45) is 0. The van der Waals surface area contributed by atoms with Crippen molar-refractivity contribution in [2.45, 2.75) is 27.1 Å². The van der Waals surface area contributed by atoms with Gasteiger partial charge in [0.2, 0.25) is 0 Å². The van der Waals surface area contributed by atoms with E-state index in [1.165, 1.54) is 0 Å². The molecule has 0 aliphatic carbocycles. The van der Waals surface area contributed by atoms with Gasteiger partial charge < -0.3 is 24.1 Å². The summed E-state index contributed by atoms with van der Waals surface area (Å²) in [6, 6.07) is 20.7. The molecular formula is C28H26N2O6. The summed E-state index contributed by atoms with van der Waals surface area (Å²) < 4.78 is 21.5. The van der Waals surface area contributed by atoms with Gasteiger partial charge >= 0.3 is 5.97 Å². The van der Waals surface area contributed by atoms with Crippen LogP contribution in [0.2, 0.25) is 0 Å². The van der Waals surface area contributed by atoms with Gasteiger partial charge in [0.05, 0.1) is 23.9 Å². The molecule has 0 aliphatic heterocycles. The van der Waals surface area contributed by atoms with Crippen molar-refractivity contribution in [2.24, 2.45) is 0 Å². The number of carbonyl (C=O) groups excluding carboxylic acids is 2. The van der Waals surface area contributed by atoms with Crippen molar-refractivity contribution in [3.63, 3.8) is 0 Å². The molecule has 3 aromatic carbocycles. The Bertz CT molecular complexity index is 1320.